The summed E-state index contributed by atoms with van der Waals surface area (Å²) in [6.07, 6.45) is 3.23. The molecule has 5 rings (SSSR count). The Bertz CT molecular complexity index is 1570. The van der Waals surface area contributed by atoms with Crippen LogP contribution in [0.5, 0.6) is 0 Å². The van der Waals surface area contributed by atoms with Gasteiger partial charge in [-0.15, -0.1) is 5.10 Å². The van der Waals surface area contributed by atoms with Crippen LogP contribution in [0.15, 0.2) is 71.8 Å². The fourth-order valence-electron chi connectivity index (χ4n) is 3.94. The number of nitrogens with one attached hydrogen (secondary N) is 1. The molecule has 3 N–H and O–H groups in total. The summed E-state index contributed by atoms with van der Waals surface area (Å²) in [4.78, 5) is 35.7. The molecule has 0 aliphatic carbocycles. The summed E-state index contributed by atoms with van der Waals surface area (Å²) in [5.74, 6) is 0.0259. The highest BCUT2D eigenvalue weighted by atomic mass is 16.2. The number of para-hydroxylation sites is 2. The molecule has 0 aliphatic heterocycles. The number of nitrogen functional groups attached to an aromatic ring is 1. The number of aryl methyl sites for hydroxylation is 1. The molecule has 0 aliphatic rings. The molecule has 0 saturated heterocycles. The van der Waals surface area contributed by atoms with Gasteiger partial charge in [0.25, 0.3) is 11.5 Å². The van der Waals surface area contributed by atoms with E-state index in [0.717, 1.165) is 5.56 Å². The minimum Gasteiger partial charge on any atom is -0.381 e. The molecule has 1 amide bonds. The van der Waals surface area contributed by atoms with E-state index < -0.39 is 11.9 Å². The van der Waals surface area contributed by atoms with E-state index in [0.29, 0.717) is 28.1 Å². The molecular weight excluding hydrogens is 418 g/mol. The third kappa shape index (κ3) is 3.39. The van der Waals surface area contributed by atoms with Crippen LogP contribution in [-0.2, 0) is 0 Å². The van der Waals surface area contributed by atoms with Gasteiger partial charge in [0, 0.05) is 12.4 Å². The number of hydrogen-bond acceptors (Lipinski definition) is 6. The second-order valence-corrected chi connectivity index (χ2v) is 7.76. The summed E-state index contributed by atoms with van der Waals surface area (Å²) < 4.78 is 2.98. The standard InChI is InChI=1S/C24H21N7O2/c1-14-8-6-11-17-19(14)28-21(31(24(17)33)16-9-4-3-5-10-16)15(2)27-23(32)18-20(25)29-30-13-7-12-26-22(18)30/h3-13,15H,1-2H3,(H2,25,29)(H,27,32). The van der Waals surface area contributed by atoms with Gasteiger partial charge in [0.15, 0.2) is 11.5 Å². The first-order valence-corrected chi connectivity index (χ1v) is 10.4. The van der Waals surface area contributed by atoms with Gasteiger partial charge < -0.3 is 11.1 Å². The lowest BCUT2D eigenvalue weighted by atomic mass is 10.1. The Morgan fingerprint density at radius 3 is 2.67 bits per heavy atom. The SMILES string of the molecule is Cc1cccc2c(=O)n(-c3ccccc3)c(C(C)NC(=O)c3c(N)nn4cccnc34)nc12. The monoisotopic (exact) mass is 439 g/mol. The number of anilines is 1. The number of rotatable bonds is 4. The van der Waals surface area contributed by atoms with Gasteiger partial charge in [0.2, 0.25) is 0 Å². The summed E-state index contributed by atoms with van der Waals surface area (Å²) in [5, 5.41) is 7.58. The molecule has 0 saturated carbocycles. The van der Waals surface area contributed by atoms with Crippen molar-refractivity contribution in [3.8, 4) is 5.69 Å². The van der Waals surface area contributed by atoms with E-state index in [9.17, 15) is 9.59 Å². The van der Waals surface area contributed by atoms with E-state index in [1.54, 1.807) is 31.5 Å². The normalized spacial score (nSPS) is 12.2. The van der Waals surface area contributed by atoms with Crippen molar-refractivity contribution < 1.29 is 4.79 Å². The minimum atomic E-state index is -0.618. The molecule has 3 aromatic heterocycles. The maximum atomic E-state index is 13.5. The van der Waals surface area contributed by atoms with Gasteiger partial charge in [-0.25, -0.2) is 14.5 Å². The first kappa shape index (κ1) is 20.4. The fourth-order valence-corrected chi connectivity index (χ4v) is 3.94. The molecule has 1 unspecified atom stereocenters. The molecule has 9 heteroatoms. The average molecular weight is 439 g/mol. The number of benzene rings is 2. The minimum absolute atomic E-state index is 0.0705. The molecule has 5 aromatic rings. The lowest BCUT2D eigenvalue weighted by Crippen LogP contribution is -2.33. The Balaban J connectivity index is 1.64. The third-order valence-electron chi connectivity index (χ3n) is 5.53. The number of nitrogens with two attached hydrogens (primary N) is 1. The van der Waals surface area contributed by atoms with E-state index in [4.69, 9.17) is 10.7 Å². The van der Waals surface area contributed by atoms with Crippen molar-refractivity contribution in [3.05, 3.63) is 94.3 Å². The zero-order valence-electron chi connectivity index (χ0n) is 18.1. The van der Waals surface area contributed by atoms with E-state index in [-0.39, 0.29) is 16.9 Å². The number of carbonyl (C=O) groups is 1. The maximum absolute atomic E-state index is 13.5. The van der Waals surface area contributed by atoms with E-state index in [2.05, 4.69) is 15.4 Å². The maximum Gasteiger partial charge on any atom is 0.266 e. The molecule has 2 aromatic carbocycles. The molecule has 9 nitrogen and oxygen atoms in total. The Morgan fingerprint density at radius 2 is 1.88 bits per heavy atom. The number of nitrogens with zero attached hydrogens (tertiary/aromatic N) is 5. The summed E-state index contributed by atoms with van der Waals surface area (Å²) in [7, 11) is 0. The van der Waals surface area contributed by atoms with Crippen molar-refractivity contribution in [3.63, 3.8) is 0 Å². The molecule has 164 valence electrons. The molecular formula is C24H21N7O2. The van der Waals surface area contributed by atoms with Crippen molar-refractivity contribution in [1.29, 1.82) is 0 Å². The van der Waals surface area contributed by atoms with Gasteiger partial charge in [-0.2, -0.15) is 0 Å². The van der Waals surface area contributed by atoms with Gasteiger partial charge in [-0.3, -0.25) is 14.2 Å². The van der Waals surface area contributed by atoms with Crippen LogP contribution in [0.4, 0.5) is 5.82 Å². The number of fused-ring (bicyclic) bond motifs is 2. The molecule has 0 bridgehead atoms. The van der Waals surface area contributed by atoms with Gasteiger partial charge in [-0.05, 0) is 43.7 Å². The molecule has 0 fully saturated rings. The van der Waals surface area contributed by atoms with Crippen LogP contribution < -0.4 is 16.6 Å². The van der Waals surface area contributed by atoms with Crippen molar-refractivity contribution in [2.75, 3.05) is 5.73 Å². The Kier molecular flexibility index (Phi) is 4.86. The first-order valence-electron chi connectivity index (χ1n) is 10.4. The van der Waals surface area contributed by atoms with Crippen molar-refractivity contribution >= 4 is 28.3 Å². The fraction of sp³-hybridized carbons (Fsp3) is 0.125. The van der Waals surface area contributed by atoms with Gasteiger partial charge in [-0.1, -0.05) is 30.3 Å². The van der Waals surface area contributed by atoms with Gasteiger partial charge in [0.1, 0.15) is 11.4 Å². The molecule has 0 radical (unpaired) electrons. The molecule has 1 atom stereocenters. The summed E-state index contributed by atoms with van der Waals surface area (Å²) >= 11 is 0. The van der Waals surface area contributed by atoms with Crippen LogP contribution >= 0.6 is 0 Å². The van der Waals surface area contributed by atoms with Crippen molar-refractivity contribution in [2.24, 2.45) is 0 Å². The Morgan fingerprint density at radius 1 is 1.09 bits per heavy atom. The third-order valence-corrected chi connectivity index (χ3v) is 5.53. The predicted molar refractivity (Wildman–Crippen MR) is 125 cm³/mol. The summed E-state index contributed by atoms with van der Waals surface area (Å²) in [6.45, 7) is 3.68. The highest BCUT2D eigenvalue weighted by Crippen LogP contribution is 2.22. The average Bonchev–Trinajstić information content (AvgIpc) is 3.15. The predicted octanol–water partition coefficient (Wildman–Crippen LogP) is 2.81. The van der Waals surface area contributed by atoms with Crippen LogP contribution in [0.2, 0.25) is 0 Å². The van der Waals surface area contributed by atoms with Gasteiger partial charge in [0.05, 0.1) is 22.6 Å². The lowest BCUT2D eigenvalue weighted by molar-refractivity contribution is 0.0940. The van der Waals surface area contributed by atoms with Crippen LogP contribution in [0.3, 0.4) is 0 Å². The Labute approximate surface area is 188 Å². The largest absolute Gasteiger partial charge is 0.381 e. The number of carbonyl (C=O) groups excluding carboxylic acids is 1. The van der Waals surface area contributed by atoms with Crippen molar-refractivity contribution in [1.82, 2.24) is 29.5 Å². The Hall–Kier alpha value is -4.53. The van der Waals surface area contributed by atoms with Crippen LogP contribution in [0.25, 0.3) is 22.2 Å². The van der Waals surface area contributed by atoms with Crippen LogP contribution in [0, 0.1) is 6.92 Å². The van der Waals surface area contributed by atoms with E-state index in [1.165, 1.54) is 9.08 Å². The highest BCUT2D eigenvalue weighted by Gasteiger charge is 2.24. The number of hydrogen-bond donors (Lipinski definition) is 2. The second-order valence-electron chi connectivity index (χ2n) is 7.76. The van der Waals surface area contributed by atoms with Crippen LogP contribution in [0.1, 0.15) is 34.7 Å². The number of aromatic nitrogens is 5. The van der Waals surface area contributed by atoms with Gasteiger partial charge >= 0.3 is 0 Å². The second kappa shape index (κ2) is 7.86. The van der Waals surface area contributed by atoms with Crippen LogP contribution in [-0.4, -0.2) is 30.1 Å². The quantitative estimate of drug-likeness (QED) is 0.444. The smallest absolute Gasteiger partial charge is 0.266 e. The topological polar surface area (TPSA) is 120 Å². The lowest BCUT2D eigenvalue weighted by Gasteiger charge is -2.20. The zero-order valence-corrected chi connectivity index (χ0v) is 18.1. The molecule has 33 heavy (non-hydrogen) atoms. The highest BCUT2D eigenvalue weighted by molar-refractivity contribution is 6.04. The molecule has 3 heterocycles. The zero-order chi connectivity index (χ0) is 23.1. The number of amides is 1. The summed E-state index contributed by atoms with van der Waals surface area (Å²) in [6, 6.07) is 15.8. The first-order chi connectivity index (χ1) is 16.0. The summed E-state index contributed by atoms with van der Waals surface area (Å²) in [5.41, 5.74) is 8.46. The molecule has 0 spiro atoms. The van der Waals surface area contributed by atoms with E-state index in [1.807, 2.05) is 49.4 Å². The van der Waals surface area contributed by atoms with Crippen molar-refractivity contribution in [2.45, 2.75) is 19.9 Å². The van der Waals surface area contributed by atoms with E-state index >= 15 is 0 Å².